The lowest BCUT2D eigenvalue weighted by molar-refractivity contribution is 0.581. The van der Waals surface area contributed by atoms with Gasteiger partial charge in [0, 0.05) is 17.6 Å². The molecule has 0 bridgehead atoms. The Morgan fingerprint density at radius 1 is 1.35 bits per heavy atom. The average molecular weight is 295 g/mol. The fraction of sp³-hybridized carbons (Fsp3) is 0.400. The van der Waals surface area contributed by atoms with E-state index in [-0.39, 0.29) is 22.5 Å². The molecule has 1 aliphatic rings. The second-order valence-electron chi connectivity index (χ2n) is 3.98. The lowest BCUT2D eigenvalue weighted by Crippen LogP contribution is -2.26. The minimum absolute atomic E-state index is 0.000910. The van der Waals surface area contributed by atoms with Gasteiger partial charge >= 0.3 is 0 Å². The lowest BCUT2D eigenvalue weighted by atomic mass is 10.2. The van der Waals surface area contributed by atoms with Gasteiger partial charge in [-0.05, 0) is 30.5 Å². The summed E-state index contributed by atoms with van der Waals surface area (Å²) in [4.78, 5) is -0.000910. The zero-order valence-electron chi connectivity index (χ0n) is 8.91. The van der Waals surface area contributed by atoms with E-state index in [1.165, 1.54) is 6.07 Å². The molecule has 0 saturated heterocycles. The van der Waals surface area contributed by atoms with E-state index in [9.17, 15) is 8.42 Å². The summed E-state index contributed by atoms with van der Waals surface area (Å²) in [5.74, 6) is 0. The first-order valence-electron chi connectivity index (χ1n) is 5.14. The van der Waals surface area contributed by atoms with Crippen LogP contribution in [-0.4, -0.2) is 14.5 Å². The van der Waals surface area contributed by atoms with E-state index in [2.05, 4.69) is 4.72 Å². The van der Waals surface area contributed by atoms with Crippen LogP contribution < -0.4 is 10.5 Å². The van der Waals surface area contributed by atoms with Crippen molar-refractivity contribution in [2.24, 2.45) is 5.73 Å². The van der Waals surface area contributed by atoms with Crippen molar-refractivity contribution in [3.8, 4) is 0 Å². The Morgan fingerprint density at radius 2 is 2.00 bits per heavy atom. The number of hydrogen-bond donors (Lipinski definition) is 2. The maximum Gasteiger partial charge on any atom is 0.242 e. The number of nitrogens with one attached hydrogen (secondary N) is 1. The summed E-state index contributed by atoms with van der Waals surface area (Å²) in [5.41, 5.74) is 6.01. The summed E-state index contributed by atoms with van der Waals surface area (Å²) >= 11 is 11.9. The van der Waals surface area contributed by atoms with Crippen LogP contribution in [-0.2, 0) is 16.6 Å². The molecule has 0 amide bonds. The SMILES string of the molecule is NCc1cc(Cl)cc(S(=O)(=O)NC2CC2)c1Cl. The molecule has 0 spiro atoms. The highest BCUT2D eigenvalue weighted by Gasteiger charge is 2.29. The van der Waals surface area contributed by atoms with Crippen LogP contribution in [0.15, 0.2) is 17.0 Å². The van der Waals surface area contributed by atoms with Crippen LogP contribution in [0, 0.1) is 0 Å². The second kappa shape index (κ2) is 4.74. The van der Waals surface area contributed by atoms with Gasteiger partial charge in [0.05, 0.1) is 5.02 Å². The molecular weight excluding hydrogens is 283 g/mol. The van der Waals surface area contributed by atoms with E-state index in [1.54, 1.807) is 6.07 Å². The number of nitrogens with two attached hydrogens (primary N) is 1. The number of hydrogen-bond acceptors (Lipinski definition) is 3. The minimum Gasteiger partial charge on any atom is -0.326 e. The second-order valence-corrected chi connectivity index (χ2v) is 6.47. The molecule has 0 heterocycles. The van der Waals surface area contributed by atoms with E-state index >= 15 is 0 Å². The predicted octanol–water partition coefficient (Wildman–Crippen LogP) is 1.89. The first kappa shape index (κ1) is 13.1. The van der Waals surface area contributed by atoms with Gasteiger partial charge in [0.15, 0.2) is 0 Å². The minimum atomic E-state index is -3.60. The van der Waals surface area contributed by atoms with Crippen LogP contribution in [0.25, 0.3) is 0 Å². The maximum atomic E-state index is 12.0. The predicted molar refractivity (Wildman–Crippen MR) is 67.7 cm³/mol. The third kappa shape index (κ3) is 2.92. The van der Waals surface area contributed by atoms with E-state index in [4.69, 9.17) is 28.9 Å². The zero-order chi connectivity index (χ0) is 12.6. The van der Waals surface area contributed by atoms with Crippen LogP contribution >= 0.6 is 23.2 Å². The van der Waals surface area contributed by atoms with Gasteiger partial charge in [0.25, 0.3) is 0 Å². The van der Waals surface area contributed by atoms with Crippen molar-refractivity contribution in [2.75, 3.05) is 0 Å². The molecule has 1 aromatic carbocycles. The summed E-state index contributed by atoms with van der Waals surface area (Å²) < 4.78 is 26.6. The molecule has 1 aliphatic carbocycles. The van der Waals surface area contributed by atoms with Crippen molar-refractivity contribution in [2.45, 2.75) is 30.3 Å². The quantitative estimate of drug-likeness (QED) is 0.891. The largest absolute Gasteiger partial charge is 0.326 e. The Morgan fingerprint density at radius 3 is 2.53 bits per heavy atom. The zero-order valence-corrected chi connectivity index (χ0v) is 11.2. The van der Waals surface area contributed by atoms with Crippen molar-refractivity contribution in [1.29, 1.82) is 0 Å². The third-order valence-corrected chi connectivity index (χ3v) is 4.81. The van der Waals surface area contributed by atoms with Gasteiger partial charge in [0.2, 0.25) is 10.0 Å². The normalized spacial score (nSPS) is 16.2. The standard InChI is InChI=1S/C10H12Cl2N2O2S/c11-7-3-6(5-13)10(12)9(4-7)17(15,16)14-8-1-2-8/h3-4,8,14H,1-2,5,13H2. The molecule has 17 heavy (non-hydrogen) atoms. The van der Waals surface area contributed by atoms with Crippen molar-refractivity contribution >= 4 is 33.2 Å². The fourth-order valence-electron chi connectivity index (χ4n) is 1.45. The van der Waals surface area contributed by atoms with Crippen LogP contribution in [0.5, 0.6) is 0 Å². The first-order valence-corrected chi connectivity index (χ1v) is 7.38. The number of sulfonamides is 1. The molecule has 2 rings (SSSR count). The maximum absolute atomic E-state index is 12.0. The topological polar surface area (TPSA) is 72.2 Å². The molecule has 1 saturated carbocycles. The summed E-state index contributed by atoms with van der Waals surface area (Å²) in [6, 6.07) is 2.93. The van der Waals surface area contributed by atoms with Gasteiger partial charge in [-0.1, -0.05) is 23.2 Å². The number of rotatable bonds is 4. The molecule has 0 radical (unpaired) electrons. The van der Waals surface area contributed by atoms with Gasteiger partial charge < -0.3 is 5.73 Å². The summed E-state index contributed by atoms with van der Waals surface area (Å²) in [6.45, 7) is 0.144. The number of halogens is 2. The van der Waals surface area contributed by atoms with E-state index in [1.807, 2.05) is 0 Å². The van der Waals surface area contributed by atoms with E-state index in [0.29, 0.717) is 10.6 Å². The van der Waals surface area contributed by atoms with Crippen LogP contribution in [0.3, 0.4) is 0 Å². The monoisotopic (exact) mass is 294 g/mol. The van der Waals surface area contributed by atoms with Crippen LogP contribution in [0.2, 0.25) is 10.0 Å². The highest BCUT2D eigenvalue weighted by Crippen LogP contribution is 2.31. The molecule has 0 atom stereocenters. The summed E-state index contributed by atoms with van der Waals surface area (Å²) in [7, 11) is -3.60. The highest BCUT2D eigenvalue weighted by atomic mass is 35.5. The van der Waals surface area contributed by atoms with Crippen molar-refractivity contribution in [3.05, 3.63) is 27.7 Å². The van der Waals surface area contributed by atoms with Crippen molar-refractivity contribution < 1.29 is 8.42 Å². The molecular formula is C10H12Cl2N2O2S. The van der Waals surface area contributed by atoms with Crippen LogP contribution in [0.4, 0.5) is 0 Å². The van der Waals surface area contributed by atoms with Crippen LogP contribution in [0.1, 0.15) is 18.4 Å². The van der Waals surface area contributed by atoms with E-state index in [0.717, 1.165) is 12.8 Å². The Balaban J connectivity index is 2.46. The Hall–Kier alpha value is -0.330. The Bertz CT molecular complexity index is 541. The molecule has 94 valence electrons. The Labute approximate surface area is 110 Å². The molecule has 4 nitrogen and oxygen atoms in total. The van der Waals surface area contributed by atoms with Crippen molar-refractivity contribution in [3.63, 3.8) is 0 Å². The Kier molecular flexibility index (Phi) is 3.66. The summed E-state index contributed by atoms with van der Waals surface area (Å²) in [5, 5.41) is 0.455. The fourth-order valence-corrected chi connectivity index (χ4v) is 3.69. The number of benzene rings is 1. The smallest absolute Gasteiger partial charge is 0.242 e. The van der Waals surface area contributed by atoms with Gasteiger partial charge in [-0.15, -0.1) is 0 Å². The molecule has 1 fully saturated rings. The molecule has 0 aliphatic heterocycles. The van der Waals surface area contributed by atoms with Gasteiger partial charge in [0.1, 0.15) is 4.90 Å². The lowest BCUT2D eigenvalue weighted by Gasteiger charge is -2.11. The first-order chi connectivity index (χ1) is 7.94. The molecule has 7 heteroatoms. The van der Waals surface area contributed by atoms with Gasteiger partial charge in [-0.3, -0.25) is 0 Å². The summed E-state index contributed by atoms with van der Waals surface area (Å²) in [6.07, 6.45) is 1.72. The highest BCUT2D eigenvalue weighted by molar-refractivity contribution is 7.89. The van der Waals surface area contributed by atoms with Gasteiger partial charge in [-0.2, -0.15) is 0 Å². The molecule has 3 N–H and O–H groups in total. The van der Waals surface area contributed by atoms with Crippen molar-refractivity contribution in [1.82, 2.24) is 4.72 Å². The van der Waals surface area contributed by atoms with Gasteiger partial charge in [-0.25, -0.2) is 13.1 Å². The molecule has 1 aromatic rings. The average Bonchev–Trinajstić information content (AvgIpc) is 3.03. The van der Waals surface area contributed by atoms with E-state index < -0.39 is 10.0 Å². The molecule has 0 aromatic heterocycles. The molecule has 0 unspecified atom stereocenters. The third-order valence-electron chi connectivity index (χ3n) is 2.49.